The Morgan fingerprint density at radius 3 is 2.62 bits per heavy atom. The number of nitro benzene ring substituents is 1. The minimum absolute atomic E-state index is 0.111. The highest BCUT2D eigenvalue weighted by Crippen LogP contribution is 2.28. The van der Waals surface area contributed by atoms with Gasteiger partial charge in [-0.2, -0.15) is 5.10 Å². The summed E-state index contributed by atoms with van der Waals surface area (Å²) >= 11 is 0. The number of esters is 1. The predicted molar refractivity (Wildman–Crippen MR) is 103 cm³/mol. The van der Waals surface area contributed by atoms with E-state index in [4.69, 9.17) is 9.47 Å². The lowest BCUT2D eigenvalue weighted by Gasteiger charge is -2.09. The third-order valence-corrected chi connectivity index (χ3v) is 3.90. The van der Waals surface area contributed by atoms with Gasteiger partial charge < -0.3 is 9.47 Å². The minimum Gasteiger partial charge on any atom is -0.492 e. The van der Waals surface area contributed by atoms with Crippen LogP contribution in [0.3, 0.4) is 0 Å². The molecule has 0 N–H and O–H groups in total. The summed E-state index contributed by atoms with van der Waals surface area (Å²) in [7, 11) is 0. The lowest BCUT2D eigenvalue weighted by molar-refractivity contribution is -0.385. The van der Waals surface area contributed by atoms with Gasteiger partial charge in [0.15, 0.2) is 5.69 Å². The molecule has 2 aromatic carbocycles. The Hall–Kier alpha value is -4.01. The molecule has 0 atom stereocenters. The van der Waals surface area contributed by atoms with Gasteiger partial charge in [0.1, 0.15) is 12.4 Å². The molecule has 0 bridgehead atoms. The Balaban J connectivity index is 1.73. The zero-order chi connectivity index (χ0) is 20.8. The summed E-state index contributed by atoms with van der Waals surface area (Å²) in [4.78, 5) is 34.9. The summed E-state index contributed by atoms with van der Waals surface area (Å²) in [6.07, 6.45) is 0. The molecule has 29 heavy (non-hydrogen) atoms. The number of rotatable bonds is 7. The third-order valence-electron chi connectivity index (χ3n) is 3.90. The summed E-state index contributed by atoms with van der Waals surface area (Å²) in [6, 6.07) is 15.7. The maximum Gasteiger partial charge on any atom is 0.364 e. The number of nitro groups is 1. The Morgan fingerprint density at radius 2 is 1.90 bits per heavy atom. The number of hydrogen-bond acceptors (Lipinski definition) is 7. The van der Waals surface area contributed by atoms with Gasteiger partial charge in [-0.1, -0.05) is 24.3 Å². The molecule has 1 heterocycles. The average molecular weight is 395 g/mol. The third kappa shape index (κ3) is 5.04. The van der Waals surface area contributed by atoms with Crippen molar-refractivity contribution >= 4 is 11.7 Å². The Kier molecular flexibility index (Phi) is 5.98. The second kappa shape index (κ2) is 8.79. The van der Waals surface area contributed by atoms with Crippen LogP contribution in [0.15, 0.2) is 65.5 Å². The molecular weight excluding hydrogens is 378 g/mol. The van der Waals surface area contributed by atoms with Gasteiger partial charge in [-0.3, -0.25) is 14.9 Å². The first-order valence-electron chi connectivity index (χ1n) is 8.67. The smallest absolute Gasteiger partial charge is 0.364 e. The fourth-order valence-corrected chi connectivity index (χ4v) is 2.49. The van der Waals surface area contributed by atoms with Crippen molar-refractivity contribution in [3.05, 3.63) is 92.4 Å². The molecular formula is C20H17N3O6. The first-order chi connectivity index (χ1) is 13.9. The molecule has 0 saturated heterocycles. The van der Waals surface area contributed by atoms with E-state index in [0.717, 1.165) is 4.68 Å². The highest BCUT2D eigenvalue weighted by Gasteiger charge is 2.20. The number of aryl methyl sites for hydroxylation is 1. The Morgan fingerprint density at radius 1 is 1.14 bits per heavy atom. The SMILES string of the molecule is Cc1ccc(OC(=O)c2ccc(=O)n(CCOc3ccccc3)n2)c([N+](=O)[O-])c1. The van der Waals surface area contributed by atoms with Crippen molar-refractivity contribution in [3.63, 3.8) is 0 Å². The van der Waals surface area contributed by atoms with Crippen LogP contribution in [0.2, 0.25) is 0 Å². The topological polar surface area (TPSA) is 114 Å². The van der Waals surface area contributed by atoms with Crippen molar-refractivity contribution in [1.82, 2.24) is 9.78 Å². The van der Waals surface area contributed by atoms with E-state index in [9.17, 15) is 19.7 Å². The average Bonchev–Trinajstić information content (AvgIpc) is 2.71. The number of aromatic nitrogens is 2. The monoisotopic (exact) mass is 395 g/mol. The first kappa shape index (κ1) is 19.7. The molecule has 9 nitrogen and oxygen atoms in total. The van der Waals surface area contributed by atoms with E-state index < -0.39 is 16.5 Å². The van der Waals surface area contributed by atoms with Gasteiger partial charge in [0.25, 0.3) is 5.56 Å². The number of benzene rings is 2. The molecule has 0 aliphatic rings. The quantitative estimate of drug-likeness (QED) is 0.261. The molecule has 0 spiro atoms. The molecule has 9 heteroatoms. The van der Waals surface area contributed by atoms with Gasteiger partial charge in [0.05, 0.1) is 11.5 Å². The molecule has 1 aromatic heterocycles. The molecule has 3 aromatic rings. The number of carbonyl (C=O) groups excluding carboxylic acids is 1. The number of ether oxygens (including phenoxy) is 2. The van der Waals surface area contributed by atoms with E-state index in [1.165, 1.54) is 24.3 Å². The van der Waals surface area contributed by atoms with E-state index in [-0.39, 0.29) is 30.3 Å². The van der Waals surface area contributed by atoms with Gasteiger partial charge in [-0.05, 0) is 36.8 Å². The number of hydrogen-bond donors (Lipinski definition) is 0. The van der Waals surface area contributed by atoms with Crippen LogP contribution in [0.25, 0.3) is 0 Å². The van der Waals surface area contributed by atoms with Crippen molar-refractivity contribution in [1.29, 1.82) is 0 Å². The molecule has 148 valence electrons. The van der Waals surface area contributed by atoms with Crippen molar-refractivity contribution in [2.24, 2.45) is 0 Å². The fourth-order valence-electron chi connectivity index (χ4n) is 2.49. The normalized spacial score (nSPS) is 10.4. The van der Waals surface area contributed by atoms with Crippen LogP contribution < -0.4 is 15.0 Å². The number of carbonyl (C=O) groups is 1. The van der Waals surface area contributed by atoms with E-state index in [1.54, 1.807) is 25.1 Å². The summed E-state index contributed by atoms with van der Waals surface area (Å²) < 4.78 is 11.7. The van der Waals surface area contributed by atoms with Crippen LogP contribution in [-0.4, -0.2) is 27.3 Å². The van der Waals surface area contributed by atoms with E-state index in [0.29, 0.717) is 11.3 Å². The van der Waals surface area contributed by atoms with Gasteiger partial charge in [0.2, 0.25) is 5.75 Å². The van der Waals surface area contributed by atoms with Crippen molar-refractivity contribution in [3.8, 4) is 11.5 Å². The van der Waals surface area contributed by atoms with Gasteiger partial charge in [-0.25, -0.2) is 9.48 Å². The minimum atomic E-state index is -0.908. The van der Waals surface area contributed by atoms with E-state index in [1.807, 2.05) is 18.2 Å². The summed E-state index contributed by atoms with van der Waals surface area (Å²) in [5, 5.41) is 15.1. The maximum absolute atomic E-state index is 12.4. The molecule has 0 saturated carbocycles. The number of para-hydroxylation sites is 1. The molecule has 0 fully saturated rings. The van der Waals surface area contributed by atoms with Crippen molar-refractivity contribution in [2.45, 2.75) is 13.5 Å². The summed E-state index contributed by atoms with van der Waals surface area (Å²) in [6.45, 7) is 1.96. The van der Waals surface area contributed by atoms with Crippen LogP contribution in [0, 0.1) is 17.0 Å². The van der Waals surface area contributed by atoms with Crippen molar-refractivity contribution < 1.29 is 19.2 Å². The second-order valence-corrected chi connectivity index (χ2v) is 6.06. The summed E-state index contributed by atoms with van der Waals surface area (Å²) in [5.41, 5.74) is -0.247. The number of nitrogens with zero attached hydrogens (tertiary/aromatic N) is 3. The zero-order valence-electron chi connectivity index (χ0n) is 15.5. The lowest BCUT2D eigenvalue weighted by atomic mass is 10.2. The molecule has 0 aliphatic heterocycles. The zero-order valence-corrected chi connectivity index (χ0v) is 15.5. The first-order valence-corrected chi connectivity index (χ1v) is 8.67. The molecule has 0 radical (unpaired) electrons. The van der Waals surface area contributed by atoms with E-state index >= 15 is 0 Å². The highest BCUT2D eigenvalue weighted by atomic mass is 16.6. The maximum atomic E-state index is 12.4. The fraction of sp³-hybridized carbons (Fsp3) is 0.150. The molecule has 0 amide bonds. The lowest BCUT2D eigenvalue weighted by Crippen LogP contribution is -2.27. The Bertz CT molecular complexity index is 1090. The molecule has 3 rings (SSSR count). The molecule has 0 aliphatic carbocycles. The van der Waals surface area contributed by atoms with Crippen LogP contribution in [0.5, 0.6) is 11.5 Å². The van der Waals surface area contributed by atoms with Crippen molar-refractivity contribution in [2.75, 3.05) is 6.61 Å². The van der Waals surface area contributed by atoms with Gasteiger partial charge in [0, 0.05) is 12.1 Å². The van der Waals surface area contributed by atoms with E-state index in [2.05, 4.69) is 5.10 Å². The largest absolute Gasteiger partial charge is 0.492 e. The van der Waals surface area contributed by atoms with Crippen LogP contribution in [0.1, 0.15) is 16.1 Å². The summed E-state index contributed by atoms with van der Waals surface area (Å²) in [5.74, 6) is -0.463. The van der Waals surface area contributed by atoms with Crippen LogP contribution in [0.4, 0.5) is 5.69 Å². The molecule has 0 unspecified atom stereocenters. The standard InChI is InChI=1S/C20H17N3O6/c1-14-7-9-18(17(13-14)23(26)27)29-20(25)16-8-10-19(24)22(21-16)11-12-28-15-5-3-2-4-6-15/h2-10,13H,11-12H2,1H3. The highest BCUT2D eigenvalue weighted by molar-refractivity contribution is 5.89. The predicted octanol–water partition coefficient (Wildman–Crippen LogP) is 2.76. The van der Waals surface area contributed by atoms with Gasteiger partial charge in [-0.15, -0.1) is 0 Å². The van der Waals surface area contributed by atoms with Gasteiger partial charge >= 0.3 is 11.7 Å². The Labute approximate surface area is 165 Å². The van der Waals surface area contributed by atoms with Crippen LogP contribution >= 0.6 is 0 Å². The second-order valence-electron chi connectivity index (χ2n) is 6.06. The van der Waals surface area contributed by atoms with Crippen LogP contribution in [-0.2, 0) is 6.54 Å².